The van der Waals surface area contributed by atoms with Gasteiger partial charge in [0.1, 0.15) is 5.82 Å². The van der Waals surface area contributed by atoms with E-state index in [4.69, 9.17) is 0 Å². The summed E-state index contributed by atoms with van der Waals surface area (Å²) in [7, 11) is 0. The van der Waals surface area contributed by atoms with Gasteiger partial charge in [0.15, 0.2) is 0 Å². The van der Waals surface area contributed by atoms with Crippen molar-refractivity contribution in [3.05, 3.63) is 34.1 Å². The van der Waals surface area contributed by atoms with Crippen LogP contribution in [0.15, 0.2) is 22.7 Å². The van der Waals surface area contributed by atoms with Gasteiger partial charge in [-0.3, -0.25) is 0 Å². The normalized spacial score (nSPS) is 18.2. The molecule has 1 aliphatic heterocycles. The lowest BCUT2D eigenvalue weighted by molar-refractivity contribution is 0.161. The molecule has 1 heterocycles. The molecule has 106 valence electrons. The summed E-state index contributed by atoms with van der Waals surface area (Å²) in [5, 5.41) is 3.57. The van der Waals surface area contributed by atoms with Gasteiger partial charge >= 0.3 is 0 Å². The average Bonchev–Trinajstić information content (AvgIpc) is 2.40. The number of piperidine rings is 1. The first-order valence-electron chi connectivity index (χ1n) is 6.97. The molecule has 0 unspecified atom stereocenters. The van der Waals surface area contributed by atoms with Gasteiger partial charge in [0.2, 0.25) is 0 Å². The van der Waals surface area contributed by atoms with Crippen LogP contribution in [0.1, 0.15) is 32.3 Å². The zero-order chi connectivity index (χ0) is 13.8. The predicted molar refractivity (Wildman–Crippen MR) is 80.7 cm³/mol. The second kappa shape index (κ2) is 6.82. The highest BCUT2D eigenvalue weighted by molar-refractivity contribution is 9.10. The molecule has 0 radical (unpaired) electrons. The fraction of sp³-hybridized carbons (Fsp3) is 0.600. The first-order valence-corrected chi connectivity index (χ1v) is 7.77. The second-order valence-electron chi connectivity index (χ2n) is 5.53. The number of hydrogen-bond acceptors (Lipinski definition) is 2. The van der Waals surface area contributed by atoms with Crippen LogP contribution in [-0.4, -0.2) is 30.1 Å². The van der Waals surface area contributed by atoms with Crippen molar-refractivity contribution in [2.45, 2.75) is 45.3 Å². The van der Waals surface area contributed by atoms with Crippen LogP contribution >= 0.6 is 15.9 Å². The Morgan fingerprint density at radius 2 is 2.05 bits per heavy atom. The lowest BCUT2D eigenvalue weighted by Gasteiger charge is -2.35. The van der Waals surface area contributed by atoms with Crippen LogP contribution in [-0.2, 0) is 6.54 Å². The molecule has 1 fully saturated rings. The van der Waals surface area contributed by atoms with Crippen molar-refractivity contribution in [1.82, 2.24) is 10.2 Å². The molecule has 4 heteroatoms. The largest absolute Gasteiger partial charge is 0.310 e. The molecule has 2 rings (SSSR count). The molecule has 1 aromatic rings. The Morgan fingerprint density at radius 1 is 1.37 bits per heavy atom. The molecule has 0 aromatic heterocycles. The zero-order valence-corrected chi connectivity index (χ0v) is 13.2. The van der Waals surface area contributed by atoms with Gasteiger partial charge in [0.25, 0.3) is 0 Å². The summed E-state index contributed by atoms with van der Waals surface area (Å²) < 4.78 is 13.7. The highest BCUT2D eigenvalue weighted by atomic mass is 79.9. The number of nitrogens with one attached hydrogen (secondary N) is 1. The molecular weight excluding hydrogens is 307 g/mol. The number of rotatable bonds is 4. The van der Waals surface area contributed by atoms with Crippen LogP contribution in [0.4, 0.5) is 4.39 Å². The van der Waals surface area contributed by atoms with Gasteiger partial charge < -0.3 is 10.2 Å². The zero-order valence-electron chi connectivity index (χ0n) is 11.6. The number of halogens is 2. The lowest BCUT2D eigenvalue weighted by Crippen LogP contribution is -2.44. The van der Waals surface area contributed by atoms with E-state index in [9.17, 15) is 4.39 Å². The fourth-order valence-corrected chi connectivity index (χ4v) is 2.96. The first-order chi connectivity index (χ1) is 9.06. The Hall–Kier alpha value is -0.450. The van der Waals surface area contributed by atoms with Crippen molar-refractivity contribution in [3.63, 3.8) is 0 Å². The maximum Gasteiger partial charge on any atom is 0.137 e. The van der Waals surface area contributed by atoms with Crippen LogP contribution in [0, 0.1) is 5.82 Å². The van der Waals surface area contributed by atoms with Crippen molar-refractivity contribution in [3.8, 4) is 0 Å². The summed E-state index contributed by atoms with van der Waals surface area (Å²) in [5.41, 5.74) is 1.12. The Kier molecular flexibility index (Phi) is 5.37. The molecule has 19 heavy (non-hydrogen) atoms. The number of hydrogen-bond donors (Lipinski definition) is 1. The van der Waals surface area contributed by atoms with E-state index in [0.29, 0.717) is 16.6 Å². The van der Waals surface area contributed by atoms with Gasteiger partial charge in [-0.2, -0.15) is 0 Å². The lowest BCUT2D eigenvalue weighted by atomic mass is 10.0. The molecule has 0 amide bonds. The van der Waals surface area contributed by atoms with Crippen molar-refractivity contribution in [1.29, 1.82) is 0 Å². The molecule has 0 spiro atoms. The summed E-state index contributed by atoms with van der Waals surface area (Å²) >= 11 is 3.23. The molecular formula is C15H22BrFN2. The molecule has 1 aliphatic rings. The van der Waals surface area contributed by atoms with E-state index in [1.165, 1.54) is 32.0 Å². The van der Waals surface area contributed by atoms with Crippen molar-refractivity contribution in [2.75, 3.05) is 13.1 Å². The first kappa shape index (κ1) is 14.9. The topological polar surface area (TPSA) is 15.3 Å². The summed E-state index contributed by atoms with van der Waals surface area (Å²) in [4.78, 5) is 2.52. The van der Waals surface area contributed by atoms with Gasteiger partial charge in [0, 0.05) is 18.6 Å². The van der Waals surface area contributed by atoms with Crippen LogP contribution in [0.2, 0.25) is 0 Å². The minimum Gasteiger partial charge on any atom is -0.310 e. The van der Waals surface area contributed by atoms with E-state index in [2.05, 4.69) is 40.0 Å². The SMILES string of the molecule is CC(C)N1CCC(NCc2ccc(F)c(Br)c2)CC1. The Morgan fingerprint density at radius 3 is 2.63 bits per heavy atom. The van der Waals surface area contributed by atoms with E-state index >= 15 is 0 Å². The summed E-state index contributed by atoms with van der Waals surface area (Å²) in [5.74, 6) is -0.200. The molecule has 2 nitrogen and oxygen atoms in total. The Bertz CT molecular complexity index is 415. The monoisotopic (exact) mass is 328 g/mol. The smallest absolute Gasteiger partial charge is 0.137 e. The Labute approximate surface area is 123 Å². The van der Waals surface area contributed by atoms with E-state index in [-0.39, 0.29) is 5.82 Å². The molecule has 1 saturated heterocycles. The van der Waals surface area contributed by atoms with E-state index in [1.54, 1.807) is 0 Å². The maximum absolute atomic E-state index is 13.1. The van der Waals surface area contributed by atoms with Crippen LogP contribution in [0.25, 0.3) is 0 Å². The fourth-order valence-electron chi connectivity index (χ4n) is 2.53. The minimum absolute atomic E-state index is 0.200. The second-order valence-corrected chi connectivity index (χ2v) is 6.39. The number of likely N-dealkylation sites (tertiary alicyclic amines) is 1. The Balaban J connectivity index is 1.79. The maximum atomic E-state index is 13.1. The number of nitrogens with zero attached hydrogens (tertiary/aromatic N) is 1. The van der Waals surface area contributed by atoms with Crippen LogP contribution in [0.5, 0.6) is 0 Å². The molecule has 0 saturated carbocycles. The molecule has 0 aliphatic carbocycles. The van der Waals surface area contributed by atoms with Crippen LogP contribution < -0.4 is 5.32 Å². The average molecular weight is 329 g/mol. The highest BCUT2D eigenvalue weighted by Crippen LogP contribution is 2.18. The third-order valence-electron chi connectivity index (χ3n) is 3.84. The third-order valence-corrected chi connectivity index (χ3v) is 4.45. The van der Waals surface area contributed by atoms with Gasteiger partial charge in [0.05, 0.1) is 4.47 Å². The van der Waals surface area contributed by atoms with Crippen molar-refractivity contribution in [2.24, 2.45) is 0 Å². The van der Waals surface area contributed by atoms with Gasteiger partial charge in [-0.05, 0) is 73.4 Å². The van der Waals surface area contributed by atoms with Gasteiger partial charge in [-0.1, -0.05) is 6.07 Å². The summed E-state index contributed by atoms with van der Waals surface area (Å²) in [6, 6.07) is 6.44. The molecule has 1 aromatic carbocycles. The van der Waals surface area contributed by atoms with Crippen molar-refractivity contribution >= 4 is 15.9 Å². The van der Waals surface area contributed by atoms with Crippen molar-refractivity contribution < 1.29 is 4.39 Å². The van der Waals surface area contributed by atoms with E-state index in [0.717, 1.165) is 12.1 Å². The van der Waals surface area contributed by atoms with Crippen LogP contribution in [0.3, 0.4) is 0 Å². The molecule has 0 bridgehead atoms. The standard InChI is InChI=1S/C15H22BrFN2/c1-11(2)19-7-5-13(6-8-19)18-10-12-3-4-15(17)14(16)9-12/h3-4,9,11,13,18H,5-8,10H2,1-2H3. The predicted octanol–water partition coefficient (Wildman–Crippen LogP) is 3.55. The summed E-state index contributed by atoms with van der Waals surface area (Å²) in [6.45, 7) is 7.66. The quantitative estimate of drug-likeness (QED) is 0.909. The molecule has 1 N–H and O–H groups in total. The van der Waals surface area contributed by atoms with Gasteiger partial charge in [-0.15, -0.1) is 0 Å². The van der Waals surface area contributed by atoms with E-state index in [1.807, 2.05) is 12.1 Å². The third kappa shape index (κ3) is 4.26. The van der Waals surface area contributed by atoms with Gasteiger partial charge in [-0.25, -0.2) is 4.39 Å². The summed E-state index contributed by atoms with van der Waals surface area (Å²) in [6.07, 6.45) is 2.39. The highest BCUT2D eigenvalue weighted by Gasteiger charge is 2.20. The minimum atomic E-state index is -0.200. The molecule has 0 atom stereocenters. The number of benzene rings is 1. The van der Waals surface area contributed by atoms with E-state index < -0.39 is 0 Å².